The zero-order valence-electron chi connectivity index (χ0n) is 11.2. The van der Waals surface area contributed by atoms with Crippen LogP contribution in [-0.2, 0) is 12.8 Å². The number of hydrogen-bond donors (Lipinski definition) is 0. The van der Waals surface area contributed by atoms with Crippen LogP contribution in [0.25, 0.3) is 0 Å². The number of nitrogens with zero attached hydrogens (tertiary/aromatic N) is 2. The van der Waals surface area contributed by atoms with E-state index >= 15 is 0 Å². The van der Waals surface area contributed by atoms with E-state index in [1.807, 2.05) is 19.1 Å². The van der Waals surface area contributed by atoms with E-state index < -0.39 is 0 Å². The first kappa shape index (κ1) is 13.8. The van der Waals surface area contributed by atoms with Crippen molar-refractivity contribution in [3.05, 3.63) is 46.9 Å². The largest absolute Gasteiger partial charge is 0.439 e. The second-order valence-corrected chi connectivity index (χ2v) is 4.68. The molecule has 2 rings (SSSR count). The van der Waals surface area contributed by atoms with Crippen LogP contribution in [0.15, 0.2) is 30.3 Å². The number of aromatic nitrogens is 2. The van der Waals surface area contributed by atoms with Crippen LogP contribution in [0, 0.1) is 0 Å². The van der Waals surface area contributed by atoms with Crippen molar-refractivity contribution in [1.29, 1.82) is 0 Å². The molecule has 0 N–H and O–H groups in total. The van der Waals surface area contributed by atoms with Crippen molar-refractivity contribution < 1.29 is 4.74 Å². The Bertz CT molecular complexity index is 540. The summed E-state index contributed by atoms with van der Waals surface area (Å²) < 4.78 is 5.70. The molecule has 19 heavy (non-hydrogen) atoms. The van der Waals surface area contributed by atoms with Gasteiger partial charge in [-0.3, -0.25) is 0 Å². The fraction of sp³-hybridized carbons (Fsp3) is 0.333. The lowest BCUT2D eigenvalue weighted by atomic mass is 10.1. The lowest BCUT2D eigenvalue weighted by molar-refractivity contribution is 0.458. The van der Waals surface area contributed by atoms with E-state index in [1.165, 1.54) is 5.56 Å². The van der Waals surface area contributed by atoms with Crippen molar-refractivity contribution in [2.75, 3.05) is 0 Å². The molecule has 0 bridgehead atoms. The van der Waals surface area contributed by atoms with Crippen LogP contribution in [0.5, 0.6) is 11.6 Å². The first-order valence-electron chi connectivity index (χ1n) is 6.51. The topological polar surface area (TPSA) is 35.0 Å². The Morgan fingerprint density at radius 3 is 2.47 bits per heavy atom. The lowest BCUT2D eigenvalue weighted by Crippen LogP contribution is -1.96. The van der Waals surface area contributed by atoms with Crippen LogP contribution in [0.3, 0.4) is 0 Å². The molecule has 1 aromatic heterocycles. The average Bonchev–Trinajstić information content (AvgIpc) is 2.40. The van der Waals surface area contributed by atoms with Crippen LogP contribution in [-0.4, -0.2) is 9.97 Å². The summed E-state index contributed by atoms with van der Waals surface area (Å²) in [5, 5.41) is 0.407. The SMILES string of the molecule is CCCc1ccc(Oc2cc(Cl)nc(CC)n2)cc1. The molecule has 0 saturated carbocycles. The number of ether oxygens (including phenoxy) is 1. The Hall–Kier alpha value is -1.61. The molecule has 0 radical (unpaired) electrons. The molecular formula is C15H17ClN2O. The molecular weight excluding hydrogens is 260 g/mol. The van der Waals surface area contributed by atoms with Crippen molar-refractivity contribution >= 4 is 11.6 Å². The molecule has 1 aromatic carbocycles. The molecule has 0 unspecified atom stereocenters. The highest BCUT2D eigenvalue weighted by atomic mass is 35.5. The molecule has 4 heteroatoms. The predicted molar refractivity (Wildman–Crippen MR) is 76.9 cm³/mol. The molecule has 1 heterocycles. The Morgan fingerprint density at radius 1 is 1.11 bits per heavy atom. The van der Waals surface area contributed by atoms with Gasteiger partial charge in [0.1, 0.15) is 16.7 Å². The minimum absolute atomic E-state index is 0.407. The smallest absolute Gasteiger partial charge is 0.224 e. The van der Waals surface area contributed by atoms with Crippen molar-refractivity contribution in [1.82, 2.24) is 9.97 Å². The molecule has 0 amide bonds. The van der Waals surface area contributed by atoms with Crippen molar-refractivity contribution in [3.63, 3.8) is 0 Å². The Morgan fingerprint density at radius 2 is 1.84 bits per heavy atom. The second kappa shape index (κ2) is 6.53. The van der Waals surface area contributed by atoms with Gasteiger partial charge in [-0.05, 0) is 24.1 Å². The van der Waals surface area contributed by atoms with E-state index in [9.17, 15) is 0 Å². The summed E-state index contributed by atoms with van der Waals surface area (Å²) in [6.07, 6.45) is 2.95. The van der Waals surface area contributed by atoms with Crippen LogP contribution in [0.4, 0.5) is 0 Å². The van der Waals surface area contributed by atoms with E-state index in [2.05, 4.69) is 29.0 Å². The van der Waals surface area contributed by atoms with Crippen LogP contribution in [0.1, 0.15) is 31.7 Å². The van der Waals surface area contributed by atoms with Gasteiger partial charge in [-0.1, -0.05) is 44.0 Å². The standard InChI is InChI=1S/C15H17ClN2O/c1-3-5-11-6-8-12(9-7-11)19-15-10-13(16)17-14(4-2)18-15/h6-10H,3-5H2,1-2H3. The van der Waals surface area contributed by atoms with Crippen molar-refractivity contribution in [2.45, 2.75) is 33.1 Å². The third-order valence-corrected chi connectivity index (χ3v) is 2.91. The summed E-state index contributed by atoms with van der Waals surface area (Å²) in [7, 11) is 0. The molecule has 2 aromatic rings. The predicted octanol–water partition coefficient (Wildman–Crippen LogP) is 4.44. The third kappa shape index (κ3) is 3.93. The quantitative estimate of drug-likeness (QED) is 0.758. The minimum atomic E-state index is 0.407. The van der Waals surface area contributed by atoms with Gasteiger partial charge in [0, 0.05) is 12.5 Å². The second-order valence-electron chi connectivity index (χ2n) is 4.29. The van der Waals surface area contributed by atoms with Crippen LogP contribution in [0.2, 0.25) is 5.15 Å². The molecule has 0 aliphatic carbocycles. The van der Waals surface area contributed by atoms with Gasteiger partial charge in [-0.25, -0.2) is 4.98 Å². The zero-order valence-corrected chi connectivity index (χ0v) is 11.9. The number of halogens is 1. The summed E-state index contributed by atoms with van der Waals surface area (Å²) in [5.41, 5.74) is 1.31. The van der Waals surface area contributed by atoms with E-state index in [0.29, 0.717) is 16.9 Å². The maximum Gasteiger partial charge on any atom is 0.224 e. The summed E-state index contributed by atoms with van der Waals surface area (Å²) in [5.74, 6) is 1.93. The first-order chi connectivity index (χ1) is 9.21. The first-order valence-corrected chi connectivity index (χ1v) is 6.89. The summed E-state index contributed by atoms with van der Waals surface area (Å²) in [6, 6.07) is 9.67. The van der Waals surface area contributed by atoms with E-state index in [-0.39, 0.29) is 0 Å². The van der Waals surface area contributed by atoms with Gasteiger partial charge in [0.25, 0.3) is 0 Å². The zero-order chi connectivity index (χ0) is 13.7. The normalized spacial score (nSPS) is 10.5. The van der Waals surface area contributed by atoms with Crippen LogP contribution >= 0.6 is 11.6 Å². The van der Waals surface area contributed by atoms with E-state index in [1.54, 1.807) is 6.07 Å². The average molecular weight is 277 g/mol. The van der Waals surface area contributed by atoms with Gasteiger partial charge in [0.15, 0.2) is 0 Å². The Labute approximate surface area is 118 Å². The monoisotopic (exact) mass is 276 g/mol. The maximum absolute atomic E-state index is 5.93. The fourth-order valence-corrected chi connectivity index (χ4v) is 1.98. The highest BCUT2D eigenvalue weighted by Crippen LogP contribution is 2.22. The molecule has 0 aliphatic rings. The number of aryl methyl sites for hydroxylation is 2. The summed E-state index contributed by atoms with van der Waals surface area (Å²) in [4.78, 5) is 8.40. The maximum atomic E-state index is 5.93. The van der Waals surface area contributed by atoms with Crippen molar-refractivity contribution in [2.24, 2.45) is 0 Å². The van der Waals surface area contributed by atoms with Gasteiger partial charge in [-0.15, -0.1) is 0 Å². The van der Waals surface area contributed by atoms with Crippen molar-refractivity contribution in [3.8, 4) is 11.6 Å². The van der Waals surface area contributed by atoms with Crippen LogP contribution < -0.4 is 4.74 Å². The highest BCUT2D eigenvalue weighted by Gasteiger charge is 2.04. The highest BCUT2D eigenvalue weighted by molar-refractivity contribution is 6.29. The van der Waals surface area contributed by atoms with Gasteiger partial charge < -0.3 is 4.74 Å². The fourth-order valence-electron chi connectivity index (χ4n) is 1.79. The molecule has 0 aliphatic heterocycles. The molecule has 0 spiro atoms. The Balaban J connectivity index is 2.14. The molecule has 0 fully saturated rings. The number of hydrogen-bond acceptors (Lipinski definition) is 3. The van der Waals surface area contributed by atoms with E-state index in [4.69, 9.17) is 16.3 Å². The van der Waals surface area contributed by atoms with Gasteiger partial charge in [-0.2, -0.15) is 4.98 Å². The van der Waals surface area contributed by atoms with Gasteiger partial charge in [0.2, 0.25) is 5.88 Å². The minimum Gasteiger partial charge on any atom is -0.439 e. The lowest BCUT2D eigenvalue weighted by Gasteiger charge is -2.07. The number of benzene rings is 1. The summed E-state index contributed by atoms with van der Waals surface area (Å²) in [6.45, 7) is 4.15. The van der Waals surface area contributed by atoms with Gasteiger partial charge >= 0.3 is 0 Å². The third-order valence-electron chi connectivity index (χ3n) is 2.72. The van der Waals surface area contributed by atoms with E-state index in [0.717, 1.165) is 25.0 Å². The molecule has 3 nitrogen and oxygen atoms in total. The van der Waals surface area contributed by atoms with Gasteiger partial charge in [0.05, 0.1) is 0 Å². The molecule has 100 valence electrons. The summed E-state index contributed by atoms with van der Waals surface area (Å²) >= 11 is 5.93. The Kier molecular flexibility index (Phi) is 4.74. The molecule has 0 atom stereocenters. The molecule has 0 saturated heterocycles. The number of rotatable bonds is 5.